The minimum atomic E-state index is 1.13. The van der Waals surface area contributed by atoms with Crippen LogP contribution in [0.15, 0.2) is 0 Å². The summed E-state index contributed by atoms with van der Waals surface area (Å²) in [5, 5.41) is 0. The lowest BCUT2D eigenvalue weighted by Crippen LogP contribution is -2.23. The number of hydrogen-bond donors (Lipinski definition) is 0. The highest BCUT2D eigenvalue weighted by atomic mass is 14.3. The monoisotopic (exact) mass is 220 g/mol. The molecule has 3 rings (SSSR count). The quantitative estimate of drug-likeness (QED) is 0.613. The summed E-state index contributed by atoms with van der Waals surface area (Å²) in [6.45, 7) is 0. The zero-order chi connectivity index (χ0) is 10.8. The highest BCUT2D eigenvalue weighted by Gasteiger charge is 2.28. The van der Waals surface area contributed by atoms with Gasteiger partial charge in [-0.05, 0) is 36.5 Å². The first kappa shape index (κ1) is 11.1. The van der Waals surface area contributed by atoms with Crippen LogP contribution in [-0.2, 0) is 0 Å². The van der Waals surface area contributed by atoms with Crippen LogP contribution in [0.2, 0.25) is 0 Å². The normalized spacial score (nSPS) is 36.8. The van der Waals surface area contributed by atoms with Crippen LogP contribution in [-0.4, -0.2) is 0 Å². The van der Waals surface area contributed by atoms with E-state index in [1.54, 1.807) is 64.2 Å². The Morgan fingerprint density at radius 1 is 0.438 bits per heavy atom. The van der Waals surface area contributed by atoms with Crippen molar-refractivity contribution >= 4 is 0 Å². The Morgan fingerprint density at radius 2 is 0.750 bits per heavy atom. The molecule has 0 spiro atoms. The van der Waals surface area contributed by atoms with Crippen molar-refractivity contribution in [3.05, 3.63) is 0 Å². The first-order valence-corrected chi connectivity index (χ1v) is 7.90. The fourth-order valence-electron chi connectivity index (χ4n) is 4.10. The van der Waals surface area contributed by atoms with Crippen LogP contribution in [0.1, 0.15) is 77.0 Å². The molecule has 3 saturated carbocycles. The zero-order valence-corrected chi connectivity index (χ0v) is 10.8. The molecular formula is C16H28. The summed E-state index contributed by atoms with van der Waals surface area (Å²) in [6, 6.07) is 0. The number of hydrogen-bond acceptors (Lipinski definition) is 0. The van der Waals surface area contributed by atoms with Crippen LogP contribution in [0.25, 0.3) is 0 Å². The molecule has 0 aromatic carbocycles. The van der Waals surface area contributed by atoms with Crippen molar-refractivity contribution in [3.8, 4) is 0 Å². The molecule has 3 fully saturated rings. The lowest BCUT2D eigenvalue weighted by molar-refractivity contribution is 0.160. The van der Waals surface area contributed by atoms with Gasteiger partial charge < -0.3 is 0 Å². The standard InChI is InChI=1S/C16H28/c1-3-13(4-1)11-15-7-9-16(10-8-15)12-14-5-2-6-14/h13-16H,1-12H2. The molecule has 0 atom stereocenters. The lowest BCUT2D eigenvalue weighted by Gasteiger charge is -2.36. The van der Waals surface area contributed by atoms with Gasteiger partial charge in [0.25, 0.3) is 0 Å². The summed E-state index contributed by atoms with van der Waals surface area (Å²) in [4.78, 5) is 0. The SMILES string of the molecule is C1CC(CC2CCC(CC3CCC3)CC2)C1. The van der Waals surface area contributed by atoms with E-state index in [4.69, 9.17) is 0 Å². The molecule has 92 valence electrons. The number of rotatable bonds is 4. The van der Waals surface area contributed by atoms with E-state index in [0.717, 1.165) is 23.7 Å². The van der Waals surface area contributed by atoms with Crippen molar-refractivity contribution in [1.82, 2.24) is 0 Å². The van der Waals surface area contributed by atoms with Gasteiger partial charge in [-0.25, -0.2) is 0 Å². The Hall–Kier alpha value is 0. The molecule has 0 amide bonds. The molecule has 0 bridgehead atoms. The Kier molecular flexibility index (Phi) is 3.54. The Morgan fingerprint density at radius 3 is 1.00 bits per heavy atom. The molecule has 0 aromatic heterocycles. The summed E-state index contributed by atoms with van der Waals surface area (Å²) in [6.07, 6.45) is 18.8. The Bertz CT molecular complexity index is 180. The fourth-order valence-corrected chi connectivity index (χ4v) is 4.10. The second kappa shape index (κ2) is 5.10. The summed E-state index contributed by atoms with van der Waals surface area (Å²) in [5.74, 6) is 4.55. The topological polar surface area (TPSA) is 0 Å². The van der Waals surface area contributed by atoms with E-state index in [1.165, 1.54) is 12.8 Å². The molecule has 0 nitrogen and oxygen atoms in total. The van der Waals surface area contributed by atoms with E-state index in [-0.39, 0.29) is 0 Å². The van der Waals surface area contributed by atoms with Crippen molar-refractivity contribution in [2.45, 2.75) is 77.0 Å². The van der Waals surface area contributed by atoms with Crippen LogP contribution in [0, 0.1) is 23.7 Å². The van der Waals surface area contributed by atoms with E-state index in [9.17, 15) is 0 Å². The van der Waals surface area contributed by atoms with Crippen LogP contribution in [0.5, 0.6) is 0 Å². The van der Waals surface area contributed by atoms with Gasteiger partial charge in [0.2, 0.25) is 0 Å². The molecule has 0 saturated heterocycles. The van der Waals surface area contributed by atoms with Crippen molar-refractivity contribution in [1.29, 1.82) is 0 Å². The van der Waals surface area contributed by atoms with Crippen molar-refractivity contribution in [2.24, 2.45) is 23.7 Å². The van der Waals surface area contributed by atoms with Crippen molar-refractivity contribution in [2.75, 3.05) is 0 Å². The predicted octanol–water partition coefficient (Wildman–Crippen LogP) is 5.17. The first-order valence-electron chi connectivity index (χ1n) is 7.90. The van der Waals surface area contributed by atoms with Gasteiger partial charge in [0.05, 0.1) is 0 Å². The average molecular weight is 220 g/mol. The van der Waals surface area contributed by atoms with E-state index in [1.807, 2.05) is 0 Å². The lowest BCUT2D eigenvalue weighted by atomic mass is 9.70. The molecule has 0 N–H and O–H groups in total. The minimum Gasteiger partial charge on any atom is -0.0528 e. The molecule has 0 aliphatic heterocycles. The van der Waals surface area contributed by atoms with Crippen molar-refractivity contribution < 1.29 is 0 Å². The van der Waals surface area contributed by atoms with E-state index in [2.05, 4.69) is 0 Å². The first-order chi connectivity index (χ1) is 7.90. The predicted molar refractivity (Wildman–Crippen MR) is 69.4 cm³/mol. The fraction of sp³-hybridized carbons (Fsp3) is 1.00. The van der Waals surface area contributed by atoms with Crippen molar-refractivity contribution in [3.63, 3.8) is 0 Å². The van der Waals surface area contributed by atoms with Crippen LogP contribution in [0.4, 0.5) is 0 Å². The van der Waals surface area contributed by atoms with E-state index < -0.39 is 0 Å². The van der Waals surface area contributed by atoms with Gasteiger partial charge >= 0.3 is 0 Å². The Balaban J connectivity index is 1.34. The summed E-state index contributed by atoms with van der Waals surface area (Å²) >= 11 is 0. The third-order valence-electron chi connectivity index (χ3n) is 5.75. The Labute approximate surface area is 101 Å². The van der Waals surface area contributed by atoms with Gasteiger partial charge in [0.15, 0.2) is 0 Å². The maximum absolute atomic E-state index is 1.59. The molecule has 0 unspecified atom stereocenters. The van der Waals surface area contributed by atoms with Gasteiger partial charge in [-0.15, -0.1) is 0 Å². The highest BCUT2D eigenvalue weighted by molar-refractivity contribution is 4.81. The maximum Gasteiger partial charge on any atom is -0.0411 e. The van der Waals surface area contributed by atoms with Gasteiger partial charge in [-0.3, -0.25) is 0 Å². The molecular weight excluding hydrogens is 192 g/mol. The third-order valence-corrected chi connectivity index (χ3v) is 5.75. The largest absolute Gasteiger partial charge is 0.0528 e. The molecule has 0 heteroatoms. The minimum absolute atomic E-state index is 1.13. The molecule has 16 heavy (non-hydrogen) atoms. The second-order valence-electron chi connectivity index (χ2n) is 6.95. The van der Waals surface area contributed by atoms with E-state index >= 15 is 0 Å². The summed E-state index contributed by atoms with van der Waals surface area (Å²) in [5.41, 5.74) is 0. The molecule has 0 radical (unpaired) electrons. The zero-order valence-electron chi connectivity index (χ0n) is 10.8. The third kappa shape index (κ3) is 2.63. The molecule has 0 heterocycles. The smallest absolute Gasteiger partial charge is 0.0411 e. The average Bonchev–Trinajstić information content (AvgIpc) is 2.19. The molecule has 3 aliphatic carbocycles. The molecule has 3 aliphatic rings. The maximum atomic E-state index is 1.59. The van der Waals surface area contributed by atoms with Crippen LogP contribution in [0.3, 0.4) is 0 Å². The van der Waals surface area contributed by atoms with Crippen LogP contribution < -0.4 is 0 Å². The highest BCUT2D eigenvalue weighted by Crippen LogP contribution is 2.42. The van der Waals surface area contributed by atoms with Gasteiger partial charge in [0, 0.05) is 0 Å². The molecule has 0 aromatic rings. The van der Waals surface area contributed by atoms with Crippen LogP contribution >= 0.6 is 0 Å². The second-order valence-corrected chi connectivity index (χ2v) is 6.95. The van der Waals surface area contributed by atoms with Gasteiger partial charge in [-0.2, -0.15) is 0 Å². The van der Waals surface area contributed by atoms with Gasteiger partial charge in [0.1, 0.15) is 0 Å². The van der Waals surface area contributed by atoms with E-state index in [0.29, 0.717) is 0 Å². The summed E-state index contributed by atoms with van der Waals surface area (Å²) in [7, 11) is 0. The summed E-state index contributed by atoms with van der Waals surface area (Å²) < 4.78 is 0. The van der Waals surface area contributed by atoms with Gasteiger partial charge in [-0.1, -0.05) is 64.2 Å².